The number of amides is 1. The predicted octanol–water partition coefficient (Wildman–Crippen LogP) is 5.04. The molecular weight excluding hydrogens is 470 g/mol. The van der Waals surface area contributed by atoms with Crippen LogP contribution in [0, 0.1) is 6.92 Å². The Kier molecular flexibility index (Phi) is 8.25. The molecule has 37 heavy (non-hydrogen) atoms. The van der Waals surface area contributed by atoms with E-state index in [1.165, 1.54) is 12.0 Å². The molecule has 1 saturated heterocycles. The number of ketones is 1. The minimum absolute atomic E-state index is 0.0327. The van der Waals surface area contributed by atoms with E-state index in [0.717, 1.165) is 11.1 Å². The van der Waals surface area contributed by atoms with Crippen molar-refractivity contribution >= 4 is 17.4 Å². The summed E-state index contributed by atoms with van der Waals surface area (Å²) >= 11 is 0. The van der Waals surface area contributed by atoms with E-state index in [2.05, 4.69) is 0 Å². The number of carbonyl (C=O) groups is 2. The van der Waals surface area contributed by atoms with E-state index in [0.29, 0.717) is 35.8 Å². The van der Waals surface area contributed by atoms with E-state index in [4.69, 9.17) is 14.2 Å². The van der Waals surface area contributed by atoms with Gasteiger partial charge in [0.15, 0.2) is 11.5 Å². The molecule has 0 spiro atoms. The summed E-state index contributed by atoms with van der Waals surface area (Å²) in [5.74, 6) is -0.601. The molecule has 1 fully saturated rings. The van der Waals surface area contributed by atoms with E-state index >= 15 is 0 Å². The van der Waals surface area contributed by atoms with Crippen LogP contribution in [0.25, 0.3) is 5.76 Å². The number of hydrogen-bond donors (Lipinski definition) is 1. The summed E-state index contributed by atoms with van der Waals surface area (Å²) in [5.41, 5.74) is 3.15. The highest BCUT2D eigenvalue weighted by molar-refractivity contribution is 6.46. The van der Waals surface area contributed by atoms with E-state index in [-0.39, 0.29) is 24.5 Å². The number of aliphatic hydroxyl groups excluding tert-OH is 1. The maximum atomic E-state index is 13.2. The van der Waals surface area contributed by atoms with Gasteiger partial charge in [-0.3, -0.25) is 9.59 Å². The van der Waals surface area contributed by atoms with Crippen molar-refractivity contribution in [3.8, 4) is 11.5 Å². The Morgan fingerprint density at radius 3 is 2.35 bits per heavy atom. The number of Topliss-reactive ketones (excluding diaryl/α,β-unsaturated/α-hetero) is 1. The van der Waals surface area contributed by atoms with Crippen molar-refractivity contribution in [2.75, 3.05) is 26.9 Å². The fraction of sp³-hybridized carbons (Fsp3) is 0.267. The average Bonchev–Trinajstić information content (AvgIpc) is 3.17. The van der Waals surface area contributed by atoms with Crippen molar-refractivity contribution in [1.29, 1.82) is 0 Å². The number of ether oxygens (including phenoxy) is 3. The highest BCUT2D eigenvalue weighted by atomic mass is 16.5. The number of benzene rings is 3. The summed E-state index contributed by atoms with van der Waals surface area (Å²) in [6, 6.07) is 21.5. The SMILES string of the molecule is CCOc1cc(C2C(=C(O)c3ccc(C)cc3)C(=O)C(=O)N2CCOC)ccc1OCc1ccccc1. The molecular formula is C30H31NO6. The lowest BCUT2D eigenvalue weighted by Gasteiger charge is -2.26. The molecule has 0 aliphatic carbocycles. The zero-order chi connectivity index (χ0) is 26.4. The Hall–Kier alpha value is -4.10. The number of carbonyl (C=O) groups excluding carboxylic acids is 2. The van der Waals surface area contributed by atoms with Crippen LogP contribution in [0.5, 0.6) is 11.5 Å². The Morgan fingerprint density at radius 2 is 1.68 bits per heavy atom. The zero-order valence-corrected chi connectivity index (χ0v) is 21.3. The number of aryl methyl sites for hydroxylation is 1. The number of rotatable bonds is 10. The molecule has 1 amide bonds. The third-order valence-corrected chi connectivity index (χ3v) is 6.22. The normalized spacial score (nSPS) is 16.7. The van der Waals surface area contributed by atoms with Gasteiger partial charge in [-0.25, -0.2) is 0 Å². The maximum Gasteiger partial charge on any atom is 0.295 e. The van der Waals surface area contributed by atoms with Gasteiger partial charge in [-0.15, -0.1) is 0 Å². The van der Waals surface area contributed by atoms with Gasteiger partial charge in [0.05, 0.1) is 24.8 Å². The summed E-state index contributed by atoms with van der Waals surface area (Å²) in [7, 11) is 1.53. The molecule has 0 aromatic heterocycles. The van der Waals surface area contributed by atoms with E-state index < -0.39 is 17.7 Å². The number of nitrogens with zero attached hydrogens (tertiary/aromatic N) is 1. The van der Waals surface area contributed by atoms with Crippen LogP contribution in [0.4, 0.5) is 0 Å². The predicted molar refractivity (Wildman–Crippen MR) is 140 cm³/mol. The molecule has 3 aromatic carbocycles. The van der Waals surface area contributed by atoms with Crippen molar-refractivity contribution in [3.63, 3.8) is 0 Å². The minimum atomic E-state index is -0.807. The van der Waals surface area contributed by atoms with E-state index in [1.807, 2.05) is 56.3 Å². The first-order valence-electron chi connectivity index (χ1n) is 12.2. The second kappa shape index (κ2) is 11.8. The van der Waals surface area contributed by atoms with E-state index in [1.54, 1.807) is 30.3 Å². The number of aliphatic hydroxyl groups is 1. The molecule has 7 nitrogen and oxygen atoms in total. The Morgan fingerprint density at radius 1 is 0.946 bits per heavy atom. The molecule has 1 atom stereocenters. The van der Waals surface area contributed by atoms with Gasteiger partial charge >= 0.3 is 0 Å². The van der Waals surface area contributed by atoms with Crippen LogP contribution in [0.1, 0.15) is 35.2 Å². The maximum absolute atomic E-state index is 13.2. The summed E-state index contributed by atoms with van der Waals surface area (Å²) in [6.45, 7) is 5.00. The van der Waals surface area contributed by atoms with Gasteiger partial charge in [0, 0.05) is 19.2 Å². The highest BCUT2D eigenvalue weighted by Crippen LogP contribution is 2.42. The fourth-order valence-corrected chi connectivity index (χ4v) is 4.33. The van der Waals surface area contributed by atoms with Gasteiger partial charge in [-0.2, -0.15) is 0 Å². The fourth-order valence-electron chi connectivity index (χ4n) is 4.33. The molecule has 0 bridgehead atoms. The highest BCUT2D eigenvalue weighted by Gasteiger charge is 2.46. The number of hydrogen-bond acceptors (Lipinski definition) is 6. The van der Waals surface area contributed by atoms with Crippen LogP contribution < -0.4 is 9.47 Å². The smallest absolute Gasteiger partial charge is 0.295 e. The van der Waals surface area contributed by atoms with Crippen LogP contribution in [0.15, 0.2) is 78.4 Å². The summed E-state index contributed by atoms with van der Waals surface area (Å²) in [6.07, 6.45) is 0. The first kappa shape index (κ1) is 26.0. The average molecular weight is 502 g/mol. The Labute approximate surface area is 216 Å². The molecule has 1 heterocycles. The second-order valence-electron chi connectivity index (χ2n) is 8.76. The lowest BCUT2D eigenvalue weighted by molar-refractivity contribution is -0.140. The molecule has 1 aliphatic heterocycles. The summed E-state index contributed by atoms with van der Waals surface area (Å²) in [4.78, 5) is 27.7. The van der Waals surface area contributed by atoms with Crippen molar-refractivity contribution in [2.45, 2.75) is 26.5 Å². The monoisotopic (exact) mass is 501 g/mol. The second-order valence-corrected chi connectivity index (χ2v) is 8.76. The topological polar surface area (TPSA) is 85.3 Å². The van der Waals surface area contributed by atoms with Gasteiger partial charge in [-0.1, -0.05) is 66.2 Å². The molecule has 1 unspecified atom stereocenters. The third-order valence-electron chi connectivity index (χ3n) is 6.22. The van der Waals surface area contributed by atoms with Crippen LogP contribution in [0.3, 0.4) is 0 Å². The standard InChI is InChI=1S/C30H31NO6/c1-4-36-25-18-23(14-15-24(25)37-19-21-8-6-5-7-9-21)27-26(28(32)22-12-10-20(2)11-13-22)29(33)30(34)31(27)16-17-35-3/h5-15,18,27,32H,4,16-17,19H2,1-3H3. The molecule has 0 saturated carbocycles. The molecule has 0 radical (unpaired) electrons. The zero-order valence-electron chi connectivity index (χ0n) is 21.3. The molecule has 4 rings (SSSR count). The number of methoxy groups -OCH3 is 1. The molecule has 1 aliphatic rings. The molecule has 3 aromatic rings. The van der Waals surface area contributed by atoms with Crippen molar-refractivity contribution in [3.05, 3.63) is 101 Å². The van der Waals surface area contributed by atoms with Crippen LogP contribution in [-0.2, 0) is 20.9 Å². The Bertz CT molecular complexity index is 1280. The quantitative estimate of drug-likeness (QED) is 0.238. The van der Waals surface area contributed by atoms with E-state index in [9.17, 15) is 14.7 Å². The molecule has 1 N–H and O–H groups in total. The Balaban J connectivity index is 1.76. The lowest BCUT2D eigenvalue weighted by atomic mass is 9.94. The largest absolute Gasteiger partial charge is 0.507 e. The first-order chi connectivity index (χ1) is 17.9. The van der Waals surface area contributed by atoms with Crippen LogP contribution in [0.2, 0.25) is 0 Å². The molecule has 7 heteroatoms. The van der Waals surface area contributed by atoms with Gasteiger partial charge in [0.25, 0.3) is 11.7 Å². The van der Waals surface area contributed by atoms with Gasteiger partial charge in [0.2, 0.25) is 0 Å². The van der Waals surface area contributed by atoms with Gasteiger partial charge in [0.1, 0.15) is 12.4 Å². The van der Waals surface area contributed by atoms with Crippen molar-refractivity contribution < 1.29 is 28.9 Å². The van der Waals surface area contributed by atoms with Gasteiger partial charge in [-0.05, 0) is 37.1 Å². The van der Waals surface area contributed by atoms with Crippen molar-refractivity contribution in [1.82, 2.24) is 4.90 Å². The number of likely N-dealkylation sites (tertiary alicyclic amines) is 1. The van der Waals surface area contributed by atoms with Crippen LogP contribution in [-0.4, -0.2) is 48.6 Å². The summed E-state index contributed by atoms with van der Waals surface area (Å²) < 4.78 is 17.1. The van der Waals surface area contributed by atoms with Crippen LogP contribution >= 0.6 is 0 Å². The summed E-state index contributed by atoms with van der Waals surface area (Å²) in [5, 5.41) is 11.2. The van der Waals surface area contributed by atoms with Crippen molar-refractivity contribution in [2.24, 2.45) is 0 Å². The minimum Gasteiger partial charge on any atom is -0.507 e. The molecule has 192 valence electrons. The first-order valence-corrected chi connectivity index (χ1v) is 12.2. The lowest BCUT2D eigenvalue weighted by Crippen LogP contribution is -2.32. The van der Waals surface area contributed by atoms with Gasteiger partial charge < -0.3 is 24.2 Å². The third kappa shape index (κ3) is 5.67.